The van der Waals surface area contributed by atoms with Crippen LogP contribution in [-0.2, 0) is 0 Å². The maximum absolute atomic E-state index is 10.7. The van der Waals surface area contributed by atoms with E-state index in [0.29, 0.717) is 0 Å². The van der Waals surface area contributed by atoms with Gasteiger partial charge in [-0.3, -0.25) is 10.1 Å². The molecule has 1 aromatic rings. The average Bonchev–Trinajstić information content (AvgIpc) is 2.28. The number of nitro benzene ring substituents is 1. The van der Waals surface area contributed by atoms with Crippen LogP contribution in [0.2, 0.25) is 0 Å². The lowest BCUT2D eigenvalue weighted by Gasteiger charge is -1.96. The lowest BCUT2D eigenvalue weighted by Crippen LogP contribution is -2.28. The molecule has 0 saturated carbocycles. The van der Waals surface area contributed by atoms with Crippen molar-refractivity contribution in [1.82, 2.24) is 5.43 Å². The second-order valence-electron chi connectivity index (χ2n) is 2.91. The summed E-state index contributed by atoms with van der Waals surface area (Å²) in [6, 6.07) is 5.86. The highest BCUT2D eigenvalue weighted by molar-refractivity contribution is 5.86. The van der Waals surface area contributed by atoms with Crippen LogP contribution in [-0.4, -0.2) is 22.1 Å². The summed E-state index contributed by atoms with van der Waals surface area (Å²) in [6.07, 6.45) is 1.11. The molecule has 10 nitrogen and oxygen atoms in total. The normalized spacial score (nSPS) is 11.4. The van der Waals surface area contributed by atoms with Crippen molar-refractivity contribution in [1.29, 1.82) is 0 Å². The molecular formula is C8H8N6O4. The number of hydrogen-bond donors (Lipinski definition) is 2. The number of guanidine groups is 1. The fraction of sp³-hybridized carbons (Fsp3) is 0. The van der Waals surface area contributed by atoms with Gasteiger partial charge in [-0.25, -0.2) is 15.5 Å². The maximum Gasteiger partial charge on any atom is 0.286 e. The molecular weight excluding hydrogens is 244 g/mol. The average molecular weight is 252 g/mol. The van der Waals surface area contributed by atoms with Gasteiger partial charge in [-0.2, -0.15) is 5.10 Å². The fourth-order valence-electron chi connectivity index (χ4n) is 1.04. The third kappa shape index (κ3) is 3.84. The molecule has 1 rings (SSSR count). The Labute approximate surface area is 100 Å². The van der Waals surface area contributed by atoms with Gasteiger partial charge >= 0.3 is 0 Å². The quantitative estimate of drug-likeness (QED) is 0.334. The summed E-state index contributed by atoms with van der Waals surface area (Å²) in [5.74, 6) is -0.533. The SMILES string of the molecule is NC(=N[N+](=O)[O-])NN=Cc1ccccc1[N+](=O)[O-]. The molecule has 18 heavy (non-hydrogen) atoms. The minimum Gasteiger partial charge on any atom is -0.363 e. The van der Waals surface area contributed by atoms with E-state index >= 15 is 0 Å². The minimum absolute atomic E-state index is 0.146. The Balaban J connectivity index is 2.79. The number of hydrazone groups is 2. The Morgan fingerprint density at radius 1 is 1.33 bits per heavy atom. The van der Waals surface area contributed by atoms with Crippen LogP contribution in [0, 0.1) is 20.2 Å². The van der Waals surface area contributed by atoms with E-state index in [1.54, 1.807) is 6.07 Å². The third-order valence-electron chi connectivity index (χ3n) is 1.71. The van der Waals surface area contributed by atoms with Gasteiger partial charge < -0.3 is 5.73 Å². The van der Waals surface area contributed by atoms with Crippen LogP contribution in [0.15, 0.2) is 34.5 Å². The van der Waals surface area contributed by atoms with E-state index in [9.17, 15) is 20.2 Å². The first-order valence-corrected chi connectivity index (χ1v) is 4.51. The first-order chi connectivity index (χ1) is 8.50. The van der Waals surface area contributed by atoms with E-state index in [1.165, 1.54) is 18.2 Å². The number of rotatable bonds is 4. The summed E-state index contributed by atoms with van der Waals surface area (Å²) < 4.78 is 0. The number of benzene rings is 1. The maximum atomic E-state index is 10.7. The fourth-order valence-corrected chi connectivity index (χ4v) is 1.04. The van der Waals surface area contributed by atoms with Crippen molar-refractivity contribution in [2.24, 2.45) is 15.9 Å². The summed E-state index contributed by atoms with van der Waals surface area (Å²) in [5.41, 5.74) is 7.23. The molecule has 0 unspecified atom stereocenters. The Kier molecular flexibility index (Phi) is 4.26. The largest absolute Gasteiger partial charge is 0.363 e. The van der Waals surface area contributed by atoms with Crippen LogP contribution >= 0.6 is 0 Å². The van der Waals surface area contributed by atoms with E-state index in [0.717, 1.165) is 6.21 Å². The van der Waals surface area contributed by atoms with Gasteiger partial charge in [0.15, 0.2) is 5.03 Å². The van der Waals surface area contributed by atoms with Crippen molar-refractivity contribution in [2.75, 3.05) is 0 Å². The molecule has 94 valence electrons. The number of nitrogens with two attached hydrogens (primary N) is 1. The number of nitrogens with one attached hydrogen (secondary N) is 1. The van der Waals surface area contributed by atoms with Crippen LogP contribution in [0.5, 0.6) is 0 Å². The molecule has 0 heterocycles. The number of para-hydroxylation sites is 1. The van der Waals surface area contributed by atoms with Crippen molar-refractivity contribution < 1.29 is 9.96 Å². The van der Waals surface area contributed by atoms with Gasteiger partial charge in [-0.05, 0) is 6.07 Å². The lowest BCUT2D eigenvalue weighted by molar-refractivity contribution is -0.485. The first-order valence-electron chi connectivity index (χ1n) is 4.51. The highest BCUT2D eigenvalue weighted by Gasteiger charge is 2.09. The monoisotopic (exact) mass is 252 g/mol. The first kappa shape index (κ1) is 13.0. The second kappa shape index (κ2) is 5.89. The highest BCUT2D eigenvalue weighted by atomic mass is 16.7. The summed E-state index contributed by atoms with van der Waals surface area (Å²) in [6.45, 7) is 0. The summed E-state index contributed by atoms with van der Waals surface area (Å²) in [4.78, 5) is 20.0. The van der Waals surface area contributed by atoms with Crippen LogP contribution in [0.4, 0.5) is 5.69 Å². The zero-order chi connectivity index (χ0) is 13.5. The zero-order valence-corrected chi connectivity index (χ0v) is 8.89. The Hall–Kier alpha value is -3.04. The predicted molar refractivity (Wildman–Crippen MR) is 62.4 cm³/mol. The van der Waals surface area contributed by atoms with Gasteiger partial charge in [0.1, 0.15) is 5.10 Å². The number of nitro groups is 2. The molecule has 0 radical (unpaired) electrons. The van der Waals surface area contributed by atoms with Crippen LogP contribution in [0.1, 0.15) is 5.56 Å². The molecule has 10 heteroatoms. The molecule has 0 saturated heterocycles. The Morgan fingerprint density at radius 3 is 2.61 bits per heavy atom. The molecule has 0 aromatic heterocycles. The molecule has 0 aliphatic heterocycles. The molecule has 0 amide bonds. The van der Waals surface area contributed by atoms with Gasteiger partial charge in [0.25, 0.3) is 11.6 Å². The Bertz CT molecular complexity index is 526. The van der Waals surface area contributed by atoms with Gasteiger partial charge in [0.05, 0.1) is 16.7 Å². The van der Waals surface area contributed by atoms with Crippen molar-refractivity contribution in [3.05, 3.63) is 50.1 Å². The van der Waals surface area contributed by atoms with E-state index in [2.05, 4.69) is 15.6 Å². The predicted octanol–water partition coefficient (Wildman–Crippen LogP) is 0.0247. The minimum atomic E-state index is -0.997. The van der Waals surface area contributed by atoms with Crippen molar-refractivity contribution in [2.45, 2.75) is 0 Å². The third-order valence-corrected chi connectivity index (χ3v) is 1.71. The van der Waals surface area contributed by atoms with Crippen LogP contribution in [0.3, 0.4) is 0 Å². The van der Waals surface area contributed by atoms with Gasteiger partial charge in [0, 0.05) is 6.07 Å². The zero-order valence-electron chi connectivity index (χ0n) is 8.89. The van der Waals surface area contributed by atoms with Gasteiger partial charge in [0.2, 0.25) is 0 Å². The molecule has 0 spiro atoms. The Morgan fingerprint density at radius 2 is 2.00 bits per heavy atom. The van der Waals surface area contributed by atoms with Crippen molar-refractivity contribution in [3.8, 4) is 0 Å². The molecule has 1 aromatic carbocycles. The highest BCUT2D eigenvalue weighted by Crippen LogP contribution is 2.14. The van der Waals surface area contributed by atoms with E-state index in [-0.39, 0.29) is 11.3 Å². The second-order valence-corrected chi connectivity index (χ2v) is 2.91. The van der Waals surface area contributed by atoms with Crippen molar-refractivity contribution >= 4 is 17.9 Å². The van der Waals surface area contributed by atoms with Crippen LogP contribution < -0.4 is 11.2 Å². The van der Waals surface area contributed by atoms with Crippen LogP contribution in [0.25, 0.3) is 0 Å². The molecule has 3 N–H and O–H groups in total. The standard InChI is InChI=1S/C8H8N6O4/c9-8(12-14(17)18)11-10-5-6-3-1-2-4-7(6)13(15)16/h1-5H,(H3,9,11,12). The molecule has 0 aliphatic rings. The molecule has 0 atom stereocenters. The summed E-state index contributed by atoms with van der Waals surface area (Å²) in [7, 11) is 0. The van der Waals surface area contributed by atoms with E-state index < -0.39 is 15.9 Å². The van der Waals surface area contributed by atoms with Gasteiger partial charge in [-0.1, -0.05) is 12.1 Å². The van der Waals surface area contributed by atoms with Gasteiger partial charge in [-0.15, -0.1) is 0 Å². The molecule has 0 bridgehead atoms. The molecule has 0 aliphatic carbocycles. The lowest BCUT2D eigenvalue weighted by atomic mass is 10.2. The number of nitrogens with zero attached hydrogens (tertiary/aromatic N) is 4. The molecule has 0 fully saturated rings. The topological polar surface area (TPSA) is 149 Å². The summed E-state index contributed by atoms with van der Waals surface area (Å²) >= 11 is 0. The summed E-state index contributed by atoms with van der Waals surface area (Å²) in [5, 5.41) is 25.8. The van der Waals surface area contributed by atoms with E-state index in [1.807, 2.05) is 0 Å². The number of hydrogen-bond acceptors (Lipinski definition) is 5. The van der Waals surface area contributed by atoms with Crippen molar-refractivity contribution in [3.63, 3.8) is 0 Å². The van der Waals surface area contributed by atoms with E-state index in [4.69, 9.17) is 5.73 Å². The smallest absolute Gasteiger partial charge is 0.286 e.